The minimum Gasteiger partial charge on any atom is -0.399 e. The summed E-state index contributed by atoms with van der Waals surface area (Å²) in [5.74, 6) is 0. The number of nitrogens with two attached hydrogens (primary N) is 1. The molecule has 0 aliphatic carbocycles. The van der Waals surface area contributed by atoms with Gasteiger partial charge in [-0.3, -0.25) is 0 Å². The molecule has 2 aromatic rings. The Balaban J connectivity index is 2.33. The van der Waals surface area contributed by atoms with Gasteiger partial charge in [-0.25, -0.2) is 8.42 Å². The van der Waals surface area contributed by atoms with Crippen molar-refractivity contribution in [1.82, 2.24) is 4.31 Å². The van der Waals surface area contributed by atoms with Gasteiger partial charge in [0.1, 0.15) is 4.21 Å². The van der Waals surface area contributed by atoms with Gasteiger partial charge in [-0.2, -0.15) is 4.31 Å². The first-order valence-corrected chi connectivity index (χ1v) is 8.48. The van der Waals surface area contributed by atoms with Gasteiger partial charge in [-0.1, -0.05) is 12.1 Å². The Hall–Kier alpha value is -1.37. The van der Waals surface area contributed by atoms with Crippen molar-refractivity contribution in [2.45, 2.75) is 24.1 Å². The molecule has 2 rings (SSSR count). The van der Waals surface area contributed by atoms with E-state index in [1.165, 1.54) is 15.6 Å². The molecule has 1 unspecified atom stereocenters. The molecule has 0 bridgehead atoms. The summed E-state index contributed by atoms with van der Waals surface area (Å²) in [6.07, 6.45) is 0. The monoisotopic (exact) mass is 310 g/mol. The predicted octanol–water partition coefficient (Wildman–Crippen LogP) is 3.02. The molecule has 4 nitrogen and oxygen atoms in total. The van der Waals surface area contributed by atoms with Crippen molar-refractivity contribution in [2.24, 2.45) is 0 Å². The van der Waals surface area contributed by atoms with Crippen LogP contribution in [0.1, 0.15) is 23.4 Å². The zero-order valence-electron chi connectivity index (χ0n) is 11.7. The van der Waals surface area contributed by atoms with Crippen LogP contribution in [0.15, 0.2) is 40.6 Å². The highest BCUT2D eigenvalue weighted by Gasteiger charge is 2.27. The van der Waals surface area contributed by atoms with Crippen LogP contribution in [0.3, 0.4) is 0 Å². The summed E-state index contributed by atoms with van der Waals surface area (Å²) >= 11 is 1.28. The maximum atomic E-state index is 12.6. The fourth-order valence-corrected chi connectivity index (χ4v) is 4.75. The minimum absolute atomic E-state index is 0.272. The third-order valence-corrected chi connectivity index (χ3v) is 6.68. The van der Waals surface area contributed by atoms with Gasteiger partial charge in [-0.05, 0) is 43.7 Å². The van der Waals surface area contributed by atoms with Gasteiger partial charge in [0.25, 0.3) is 10.0 Å². The van der Waals surface area contributed by atoms with Crippen molar-refractivity contribution in [3.8, 4) is 0 Å². The predicted molar refractivity (Wildman–Crippen MR) is 83.3 cm³/mol. The second-order valence-corrected chi connectivity index (χ2v) is 8.24. The standard InChI is InChI=1S/C14H18N2O2S2/c1-10-7-8-14(19-10)20(17,18)16(3)11(2)12-5-4-6-13(15)9-12/h4-9,11H,15H2,1-3H3. The SMILES string of the molecule is Cc1ccc(S(=O)(=O)N(C)C(C)c2cccc(N)c2)s1. The Morgan fingerprint density at radius 2 is 1.95 bits per heavy atom. The van der Waals surface area contributed by atoms with E-state index in [9.17, 15) is 8.42 Å². The van der Waals surface area contributed by atoms with E-state index in [1.54, 1.807) is 25.2 Å². The smallest absolute Gasteiger partial charge is 0.252 e. The maximum Gasteiger partial charge on any atom is 0.252 e. The number of thiophene rings is 1. The first kappa shape index (κ1) is 15.0. The number of sulfonamides is 1. The fraction of sp³-hybridized carbons (Fsp3) is 0.286. The Labute approximate surface area is 123 Å². The Morgan fingerprint density at radius 1 is 1.25 bits per heavy atom. The summed E-state index contributed by atoms with van der Waals surface area (Å²) in [4.78, 5) is 0.980. The first-order chi connectivity index (χ1) is 9.32. The lowest BCUT2D eigenvalue weighted by Crippen LogP contribution is -2.29. The van der Waals surface area contributed by atoms with E-state index in [4.69, 9.17) is 5.73 Å². The van der Waals surface area contributed by atoms with Crippen LogP contribution in [0.2, 0.25) is 0 Å². The molecule has 1 heterocycles. The summed E-state index contributed by atoms with van der Waals surface area (Å²) in [6.45, 7) is 3.75. The van der Waals surface area contributed by atoms with Crippen LogP contribution in [0, 0.1) is 6.92 Å². The molecule has 0 saturated carbocycles. The van der Waals surface area contributed by atoms with Gasteiger partial charge in [0, 0.05) is 23.7 Å². The van der Waals surface area contributed by atoms with Gasteiger partial charge >= 0.3 is 0 Å². The Bertz CT molecular complexity index is 707. The Kier molecular flexibility index (Phi) is 4.17. The average molecular weight is 310 g/mol. The van der Waals surface area contributed by atoms with Crippen LogP contribution in [0.4, 0.5) is 5.69 Å². The molecule has 0 aliphatic heterocycles. The number of rotatable bonds is 4. The van der Waals surface area contributed by atoms with E-state index in [0.29, 0.717) is 9.90 Å². The Morgan fingerprint density at radius 3 is 2.50 bits per heavy atom. The van der Waals surface area contributed by atoms with Gasteiger partial charge in [0.05, 0.1) is 0 Å². The van der Waals surface area contributed by atoms with Gasteiger partial charge in [0.15, 0.2) is 0 Å². The van der Waals surface area contributed by atoms with E-state index >= 15 is 0 Å². The molecule has 1 atom stereocenters. The molecule has 0 radical (unpaired) electrons. The average Bonchev–Trinajstić information content (AvgIpc) is 2.84. The van der Waals surface area contributed by atoms with Crippen LogP contribution < -0.4 is 5.73 Å². The molecule has 0 fully saturated rings. The van der Waals surface area contributed by atoms with Crippen molar-refractivity contribution < 1.29 is 8.42 Å². The molecule has 20 heavy (non-hydrogen) atoms. The molecule has 0 saturated heterocycles. The quantitative estimate of drug-likeness (QED) is 0.883. The van der Waals surface area contributed by atoms with Crippen LogP contribution >= 0.6 is 11.3 Å². The highest BCUT2D eigenvalue weighted by Crippen LogP contribution is 2.29. The van der Waals surface area contributed by atoms with E-state index in [1.807, 2.05) is 32.0 Å². The van der Waals surface area contributed by atoms with Gasteiger partial charge < -0.3 is 5.73 Å². The fourth-order valence-electron chi connectivity index (χ4n) is 1.93. The highest BCUT2D eigenvalue weighted by molar-refractivity contribution is 7.91. The molecule has 0 spiro atoms. The van der Waals surface area contributed by atoms with Crippen molar-refractivity contribution >= 4 is 27.0 Å². The second kappa shape index (κ2) is 5.55. The number of anilines is 1. The van der Waals surface area contributed by atoms with Crippen molar-refractivity contribution in [3.05, 3.63) is 46.8 Å². The third-order valence-electron chi connectivity index (χ3n) is 3.29. The van der Waals surface area contributed by atoms with E-state index in [0.717, 1.165) is 10.4 Å². The summed E-state index contributed by atoms with van der Waals surface area (Å²) in [5.41, 5.74) is 7.26. The molecule has 2 N–H and O–H groups in total. The van der Waals surface area contributed by atoms with E-state index in [-0.39, 0.29) is 6.04 Å². The summed E-state index contributed by atoms with van der Waals surface area (Å²) in [7, 11) is -1.87. The topological polar surface area (TPSA) is 63.4 Å². The van der Waals surface area contributed by atoms with Crippen LogP contribution in [-0.4, -0.2) is 19.8 Å². The summed E-state index contributed by atoms with van der Waals surface area (Å²) in [6, 6.07) is 10.5. The lowest BCUT2D eigenvalue weighted by Gasteiger charge is -2.24. The second-order valence-electron chi connectivity index (χ2n) is 4.73. The molecular formula is C14H18N2O2S2. The molecular weight excluding hydrogens is 292 g/mol. The largest absolute Gasteiger partial charge is 0.399 e. The lowest BCUT2D eigenvalue weighted by atomic mass is 10.1. The van der Waals surface area contributed by atoms with E-state index in [2.05, 4.69) is 0 Å². The molecule has 0 aliphatic rings. The van der Waals surface area contributed by atoms with Crippen LogP contribution in [0.25, 0.3) is 0 Å². The zero-order chi connectivity index (χ0) is 14.9. The van der Waals surface area contributed by atoms with E-state index < -0.39 is 10.0 Å². The molecule has 0 amide bonds. The van der Waals surface area contributed by atoms with Gasteiger partial charge in [-0.15, -0.1) is 11.3 Å². The number of nitrogen functional groups attached to an aromatic ring is 1. The number of hydrogen-bond donors (Lipinski definition) is 1. The number of benzene rings is 1. The third kappa shape index (κ3) is 2.87. The molecule has 108 valence electrons. The summed E-state index contributed by atoms with van der Waals surface area (Å²) in [5, 5.41) is 0. The lowest BCUT2D eigenvalue weighted by molar-refractivity contribution is 0.399. The normalized spacial score (nSPS) is 13.6. The van der Waals surface area contributed by atoms with Crippen molar-refractivity contribution in [3.63, 3.8) is 0 Å². The molecule has 6 heteroatoms. The highest BCUT2D eigenvalue weighted by atomic mass is 32.2. The zero-order valence-corrected chi connectivity index (χ0v) is 13.3. The number of hydrogen-bond acceptors (Lipinski definition) is 4. The van der Waals surface area contributed by atoms with Crippen molar-refractivity contribution in [2.75, 3.05) is 12.8 Å². The number of aryl methyl sites for hydroxylation is 1. The van der Waals surface area contributed by atoms with Crippen LogP contribution in [0.5, 0.6) is 0 Å². The van der Waals surface area contributed by atoms with Crippen molar-refractivity contribution in [1.29, 1.82) is 0 Å². The minimum atomic E-state index is -3.47. The van der Waals surface area contributed by atoms with Gasteiger partial charge in [0.2, 0.25) is 0 Å². The maximum absolute atomic E-state index is 12.6. The molecule has 1 aromatic heterocycles. The number of nitrogens with zero attached hydrogens (tertiary/aromatic N) is 1. The molecule has 1 aromatic carbocycles. The summed E-state index contributed by atoms with van der Waals surface area (Å²) < 4.78 is 26.9. The van der Waals surface area contributed by atoms with Crippen LogP contribution in [-0.2, 0) is 10.0 Å². The first-order valence-electron chi connectivity index (χ1n) is 6.22.